The topological polar surface area (TPSA) is 74.3 Å². The molecule has 2 atom stereocenters. The van der Waals surface area contributed by atoms with Crippen LogP contribution in [-0.4, -0.2) is 53.4 Å². The maximum absolute atomic E-state index is 13.4. The van der Waals surface area contributed by atoms with Gasteiger partial charge in [0.05, 0.1) is 11.3 Å². The summed E-state index contributed by atoms with van der Waals surface area (Å²) in [6, 6.07) is 10.3. The summed E-state index contributed by atoms with van der Waals surface area (Å²) in [5.41, 5.74) is 1.84. The van der Waals surface area contributed by atoms with E-state index in [0.717, 1.165) is 45.3 Å². The van der Waals surface area contributed by atoms with E-state index in [-0.39, 0.29) is 23.7 Å². The molecule has 31 heavy (non-hydrogen) atoms. The first-order chi connectivity index (χ1) is 15.0. The summed E-state index contributed by atoms with van der Waals surface area (Å²) in [6.07, 6.45) is 5.74. The van der Waals surface area contributed by atoms with Crippen molar-refractivity contribution in [2.45, 2.75) is 44.7 Å². The highest BCUT2D eigenvalue weighted by atomic mass is 19.1. The van der Waals surface area contributed by atoms with Gasteiger partial charge in [0.15, 0.2) is 0 Å². The van der Waals surface area contributed by atoms with Crippen molar-refractivity contribution in [3.05, 3.63) is 54.0 Å². The minimum Gasteiger partial charge on any atom is -0.349 e. The number of carbonyl (C=O) groups excluding carboxylic acids is 2. The lowest BCUT2D eigenvalue weighted by molar-refractivity contribution is -0.133. The van der Waals surface area contributed by atoms with Crippen LogP contribution in [0.15, 0.2) is 42.6 Å². The van der Waals surface area contributed by atoms with Crippen LogP contribution in [0.2, 0.25) is 0 Å². The van der Waals surface area contributed by atoms with Crippen LogP contribution in [0.1, 0.15) is 43.0 Å². The lowest BCUT2D eigenvalue weighted by atomic mass is 9.85. The number of nitrogens with zero attached hydrogens (tertiary/aromatic N) is 2. The van der Waals surface area contributed by atoms with Crippen molar-refractivity contribution in [2.24, 2.45) is 5.92 Å². The van der Waals surface area contributed by atoms with Crippen LogP contribution in [0.4, 0.5) is 4.39 Å². The van der Waals surface area contributed by atoms with E-state index in [4.69, 9.17) is 0 Å². The highest BCUT2D eigenvalue weighted by Gasteiger charge is 2.30. The van der Waals surface area contributed by atoms with Crippen molar-refractivity contribution >= 4 is 11.8 Å². The lowest BCUT2D eigenvalue weighted by Crippen LogP contribution is -2.60. The van der Waals surface area contributed by atoms with Crippen LogP contribution < -0.4 is 10.6 Å². The standard InChI is InChI=1S/C24H29FN4O2/c1-16(30)29-14-22(15-29)26-12-17-4-2-7-21(10-17)28-24(31)19-8-9-23(27-13-19)18-5-3-6-20(25)11-18/h3,5-6,8-9,11,13,17,21-22,26H,2,4,7,10,12,14-15H2,1H3,(H,28,31)/t17-,21+/m0/s1. The van der Waals surface area contributed by atoms with E-state index >= 15 is 0 Å². The summed E-state index contributed by atoms with van der Waals surface area (Å²) >= 11 is 0. The quantitative estimate of drug-likeness (QED) is 0.748. The molecule has 1 aliphatic heterocycles. The molecule has 6 nitrogen and oxygen atoms in total. The zero-order valence-corrected chi connectivity index (χ0v) is 17.8. The summed E-state index contributed by atoms with van der Waals surface area (Å²) in [5.74, 6) is 0.236. The molecule has 1 saturated heterocycles. The predicted octanol–water partition coefficient (Wildman–Crippen LogP) is 3.00. The number of pyridine rings is 1. The molecule has 2 aliphatic rings. The third-order valence-electron chi connectivity index (χ3n) is 6.29. The Bertz CT molecular complexity index is 927. The largest absolute Gasteiger partial charge is 0.349 e. The van der Waals surface area contributed by atoms with Crippen LogP contribution >= 0.6 is 0 Å². The molecule has 0 radical (unpaired) electrons. The number of benzene rings is 1. The maximum Gasteiger partial charge on any atom is 0.253 e. The number of aromatic nitrogens is 1. The van der Waals surface area contributed by atoms with E-state index in [2.05, 4.69) is 15.6 Å². The highest BCUT2D eigenvalue weighted by Crippen LogP contribution is 2.25. The Hall–Kier alpha value is -2.80. The van der Waals surface area contributed by atoms with E-state index < -0.39 is 0 Å². The molecule has 4 rings (SSSR count). The van der Waals surface area contributed by atoms with Crippen molar-refractivity contribution in [3.8, 4) is 11.3 Å². The Balaban J connectivity index is 1.26. The van der Waals surface area contributed by atoms with Crippen molar-refractivity contribution in [3.63, 3.8) is 0 Å². The number of likely N-dealkylation sites (tertiary alicyclic amines) is 1. The molecular weight excluding hydrogens is 395 g/mol. The third kappa shape index (κ3) is 5.47. The van der Waals surface area contributed by atoms with Gasteiger partial charge < -0.3 is 15.5 Å². The van der Waals surface area contributed by atoms with Gasteiger partial charge >= 0.3 is 0 Å². The van der Waals surface area contributed by atoms with E-state index in [1.54, 1.807) is 37.4 Å². The monoisotopic (exact) mass is 424 g/mol. The summed E-state index contributed by atoms with van der Waals surface area (Å²) in [5, 5.41) is 6.71. The zero-order valence-electron chi connectivity index (χ0n) is 17.8. The molecule has 0 spiro atoms. The number of hydrogen-bond donors (Lipinski definition) is 2. The molecule has 7 heteroatoms. The smallest absolute Gasteiger partial charge is 0.253 e. The Morgan fingerprint density at radius 3 is 2.71 bits per heavy atom. The second-order valence-electron chi connectivity index (χ2n) is 8.67. The van der Waals surface area contributed by atoms with Gasteiger partial charge in [0.2, 0.25) is 5.91 Å². The van der Waals surface area contributed by atoms with Gasteiger partial charge in [-0.05, 0) is 56.0 Å². The Labute approximate surface area is 182 Å². The summed E-state index contributed by atoms with van der Waals surface area (Å²) < 4.78 is 13.4. The maximum atomic E-state index is 13.4. The minimum atomic E-state index is -0.309. The van der Waals surface area contributed by atoms with Crippen molar-refractivity contribution < 1.29 is 14.0 Å². The second kappa shape index (κ2) is 9.56. The molecule has 2 amide bonds. The number of rotatable bonds is 6. The van der Waals surface area contributed by atoms with Crippen LogP contribution in [-0.2, 0) is 4.79 Å². The number of hydrogen-bond acceptors (Lipinski definition) is 4. The number of carbonyl (C=O) groups is 2. The van der Waals surface area contributed by atoms with Gasteiger partial charge in [-0.15, -0.1) is 0 Å². The van der Waals surface area contributed by atoms with Crippen LogP contribution in [0.3, 0.4) is 0 Å². The molecule has 2 fully saturated rings. The molecule has 164 valence electrons. The fraction of sp³-hybridized carbons (Fsp3) is 0.458. The normalized spacial score (nSPS) is 21.4. The molecule has 0 bridgehead atoms. The van der Waals surface area contributed by atoms with Crippen molar-refractivity contribution in [2.75, 3.05) is 19.6 Å². The molecule has 1 saturated carbocycles. The van der Waals surface area contributed by atoms with Gasteiger partial charge in [-0.3, -0.25) is 14.6 Å². The first-order valence-corrected chi connectivity index (χ1v) is 11.0. The van der Waals surface area contributed by atoms with E-state index in [1.807, 2.05) is 4.90 Å². The summed E-state index contributed by atoms with van der Waals surface area (Å²) in [7, 11) is 0. The van der Waals surface area contributed by atoms with Gasteiger partial charge in [0.1, 0.15) is 5.82 Å². The third-order valence-corrected chi connectivity index (χ3v) is 6.29. The number of nitrogens with one attached hydrogen (secondary N) is 2. The number of halogens is 1. The molecule has 1 aromatic carbocycles. The average molecular weight is 425 g/mol. The molecule has 1 aromatic heterocycles. The van der Waals surface area contributed by atoms with E-state index in [1.165, 1.54) is 12.1 Å². The molecular formula is C24H29FN4O2. The van der Waals surface area contributed by atoms with Crippen LogP contribution in [0.25, 0.3) is 11.3 Å². The van der Waals surface area contributed by atoms with E-state index in [0.29, 0.717) is 28.8 Å². The second-order valence-corrected chi connectivity index (χ2v) is 8.67. The molecule has 0 unspecified atom stereocenters. The van der Waals surface area contributed by atoms with E-state index in [9.17, 15) is 14.0 Å². The van der Waals surface area contributed by atoms with Gasteiger partial charge in [0.25, 0.3) is 5.91 Å². The Morgan fingerprint density at radius 2 is 2.00 bits per heavy atom. The molecule has 2 heterocycles. The Morgan fingerprint density at radius 1 is 1.16 bits per heavy atom. The SMILES string of the molecule is CC(=O)N1CC(NC[C@H]2CCC[C@@H](NC(=O)c3ccc(-c4cccc(F)c4)nc3)C2)C1. The average Bonchev–Trinajstić information content (AvgIpc) is 2.73. The van der Waals surface area contributed by atoms with Gasteiger partial charge in [-0.1, -0.05) is 18.6 Å². The van der Waals surface area contributed by atoms with Crippen molar-refractivity contribution in [1.29, 1.82) is 0 Å². The fourth-order valence-corrected chi connectivity index (χ4v) is 4.42. The summed E-state index contributed by atoms with van der Waals surface area (Å²) in [6.45, 7) is 4.11. The molecule has 1 aliphatic carbocycles. The highest BCUT2D eigenvalue weighted by molar-refractivity contribution is 5.94. The van der Waals surface area contributed by atoms with Crippen LogP contribution in [0, 0.1) is 11.7 Å². The first-order valence-electron chi connectivity index (χ1n) is 11.0. The lowest BCUT2D eigenvalue weighted by Gasteiger charge is -2.40. The number of amides is 2. The van der Waals surface area contributed by atoms with Gasteiger partial charge in [-0.25, -0.2) is 4.39 Å². The zero-order chi connectivity index (χ0) is 21.8. The molecule has 2 aromatic rings. The van der Waals surface area contributed by atoms with Crippen molar-refractivity contribution in [1.82, 2.24) is 20.5 Å². The van der Waals surface area contributed by atoms with Gasteiger partial charge in [-0.2, -0.15) is 0 Å². The Kier molecular flexibility index (Phi) is 6.61. The summed E-state index contributed by atoms with van der Waals surface area (Å²) in [4.78, 5) is 30.1. The van der Waals surface area contributed by atoms with Gasteiger partial charge in [0, 0.05) is 43.9 Å². The van der Waals surface area contributed by atoms with Crippen LogP contribution in [0.5, 0.6) is 0 Å². The molecule has 2 N–H and O–H groups in total. The fourth-order valence-electron chi connectivity index (χ4n) is 4.42. The predicted molar refractivity (Wildman–Crippen MR) is 117 cm³/mol. The minimum absolute atomic E-state index is 0.118. The first kappa shape index (κ1) is 21.4.